The Morgan fingerprint density at radius 2 is 1.90 bits per heavy atom. The zero-order valence-corrected chi connectivity index (χ0v) is 13.1. The lowest BCUT2D eigenvalue weighted by atomic mass is 9.88. The average Bonchev–Trinajstić information content (AvgIpc) is 2.45. The van der Waals surface area contributed by atoms with Crippen LogP contribution in [0.3, 0.4) is 0 Å². The topological polar surface area (TPSA) is 75.4 Å². The van der Waals surface area contributed by atoms with E-state index in [0.29, 0.717) is 31.3 Å². The molecule has 4 N–H and O–H groups in total. The Morgan fingerprint density at radius 1 is 1.24 bits per heavy atom. The Hall–Kier alpha value is -1.55. The lowest BCUT2D eigenvalue weighted by molar-refractivity contribution is -0.121. The molecule has 4 heteroatoms. The first-order valence-electron chi connectivity index (χ1n) is 7.77. The standard InChI is InChI=1S/C17H28N2O2/c1-13(2)15(9-11-18)5-8-17(21)19-12-10-14-3-6-16(20)7-4-14/h3-4,6-7,13,15,20H,5,8-12,18H2,1-2H3,(H,19,21). The third-order valence-corrected chi connectivity index (χ3v) is 3.89. The number of amides is 1. The lowest BCUT2D eigenvalue weighted by Gasteiger charge is -2.19. The van der Waals surface area contributed by atoms with Crippen molar-refractivity contribution in [1.29, 1.82) is 0 Å². The maximum Gasteiger partial charge on any atom is 0.220 e. The summed E-state index contributed by atoms with van der Waals surface area (Å²) < 4.78 is 0. The molecule has 0 spiro atoms. The van der Waals surface area contributed by atoms with E-state index in [1.165, 1.54) is 0 Å². The van der Waals surface area contributed by atoms with Crippen molar-refractivity contribution >= 4 is 5.91 Å². The summed E-state index contributed by atoms with van der Waals surface area (Å²) in [5.74, 6) is 1.47. The molecule has 1 amide bonds. The minimum Gasteiger partial charge on any atom is -0.508 e. The molecule has 1 aromatic carbocycles. The summed E-state index contributed by atoms with van der Waals surface area (Å²) in [5.41, 5.74) is 6.72. The van der Waals surface area contributed by atoms with Gasteiger partial charge in [-0.2, -0.15) is 0 Å². The predicted octanol–water partition coefficient (Wildman–Crippen LogP) is 2.45. The van der Waals surface area contributed by atoms with Gasteiger partial charge in [-0.3, -0.25) is 4.79 Å². The number of phenols is 1. The number of phenolic OH excluding ortho intramolecular Hbond substituents is 1. The summed E-state index contributed by atoms with van der Waals surface area (Å²) in [5, 5.41) is 12.2. The van der Waals surface area contributed by atoms with Crippen LogP contribution in [-0.4, -0.2) is 24.1 Å². The van der Waals surface area contributed by atoms with Crippen molar-refractivity contribution in [2.45, 2.75) is 39.5 Å². The minimum absolute atomic E-state index is 0.108. The predicted molar refractivity (Wildman–Crippen MR) is 86.1 cm³/mol. The van der Waals surface area contributed by atoms with Crippen LogP contribution in [0, 0.1) is 11.8 Å². The van der Waals surface area contributed by atoms with E-state index in [-0.39, 0.29) is 11.7 Å². The van der Waals surface area contributed by atoms with Gasteiger partial charge in [0.15, 0.2) is 0 Å². The average molecular weight is 292 g/mol. The van der Waals surface area contributed by atoms with Crippen LogP contribution in [0.1, 0.15) is 38.7 Å². The molecule has 0 saturated carbocycles. The fourth-order valence-corrected chi connectivity index (χ4v) is 2.44. The van der Waals surface area contributed by atoms with Crippen molar-refractivity contribution in [3.8, 4) is 5.75 Å². The van der Waals surface area contributed by atoms with Crippen molar-refractivity contribution in [3.05, 3.63) is 29.8 Å². The van der Waals surface area contributed by atoms with Crippen LogP contribution in [0.15, 0.2) is 24.3 Å². The number of benzene rings is 1. The monoisotopic (exact) mass is 292 g/mol. The van der Waals surface area contributed by atoms with Crippen LogP contribution < -0.4 is 11.1 Å². The lowest BCUT2D eigenvalue weighted by Crippen LogP contribution is -2.26. The molecule has 0 aliphatic rings. The second-order valence-corrected chi connectivity index (χ2v) is 5.89. The molecule has 0 aliphatic carbocycles. The molecule has 1 atom stereocenters. The number of hydrogen-bond donors (Lipinski definition) is 3. The summed E-state index contributed by atoms with van der Waals surface area (Å²) in [6.45, 7) is 5.68. The van der Waals surface area contributed by atoms with Crippen LogP contribution in [0.2, 0.25) is 0 Å². The highest BCUT2D eigenvalue weighted by atomic mass is 16.3. The molecule has 0 saturated heterocycles. The SMILES string of the molecule is CC(C)C(CCN)CCC(=O)NCCc1ccc(O)cc1. The molecule has 21 heavy (non-hydrogen) atoms. The first-order chi connectivity index (χ1) is 10.0. The van der Waals surface area contributed by atoms with E-state index < -0.39 is 0 Å². The number of carbonyl (C=O) groups excluding carboxylic acids is 1. The van der Waals surface area contributed by atoms with Crippen molar-refractivity contribution in [2.75, 3.05) is 13.1 Å². The van der Waals surface area contributed by atoms with Crippen LogP contribution >= 0.6 is 0 Å². The third kappa shape index (κ3) is 7.14. The molecule has 0 aliphatic heterocycles. The van der Waals surface area contributed by atoms with Gasteiger partial charge in [-0.25, -0.2) is 0 Å². The van der Waals surface area contributed by atoms with Crippen LogP contribution in [0.4, 0.5) is 0 Å². The summed E-state index contributed by atoms with van der Waals surface area (Å²) >= 11 is 0. The van der Waals surface area contributed by atoms with Gasteiger partial charge in [0.05, 0.1) is 0 Å². The number of carbonyl (C=O) groups is 1. The second-order valence-electron chi connectivity index (χ2n) is 5.89. The van der Waals surface area contributed by atoms with Gasteiger partial charge in [0.25, 0.3) is 0 Å². The summed E-state index contributed by atoms with van der Waals surface area (Å²) in [7, 11) is 0. The van der Waals surface area contributed by atoms with Crippen molar-refractivity contribution in [2.24, 2.45) is 17.6 Å². The number of rotatable bonds is 9. The molecule has 0 aromatic heterocycles. The maximum atomic E-state index is 11.8. The highest BCUT2D eigenvalue weighted by molar-refractivity contribution is 5.75. The van der Waals surface area contributed by atoms with Gasteiger partial charge in [-0.1, -0.05) is 26.0 Å². The maximum absolute atomic E-state index is 11.8. The highest BCUT2D eigenvalue weighted by Crippen LogP contribution is 2.20. The first-order valence-corrected chi connectivity index (χ1v) is 7.77. The second kappa shape index (κ2) is 9.40. The van der Waals surface area contributed by atoms with Crippen molar-refractivity contribution < 1.29 is 9.90 Å². The number of aromatic hydroxyl groups is 1. The van der Waals surface area contributed by atoms with Crippen LogP contribution in [0.25, 0.3) is 0 Å². The Bertz CT molecular complexity index is 415. The van der Waals surface area contributed by atoms with Crippen molar-refractivity contribution in [1.82, 2.24) is 5.32 Å². The van der Waals surface area contributed by atoms with Gasteiger partial charge < -0.3 is 16.2 Å². The molecule has 118 valence electrons. The fourth-order valence-electron chi connectivity index (χ4n) is 2.44. The number of nitrogens with one attached hydrogen (secondary N) is 1. The van der Waals surface area contributed by atoms with E-state index in [1.807, 2.05) is 12.1 Å². The molecular formula is C17H28N2O2. The Balaban J connectivity index is 2.23. The molecule has 1 rings (SSSR count). The van der Waals surface area contributed by atoms with E-state index in [1.54, 1.807) is 12.1 Å². The number of nitrogens with two attached hydrogens (primary N) is 1. The Morgan fingerprint density at radius 3 is 2.48 bits per heavy atom. The van der Waals surface area contributed by atoms with E-state index in [4.69, 9.17) is 5.73 Å². The quantitative estimate of drug-likeness (QED) is 0.654. The Kier molecular flexibility index (Phi) is 7.83. The molecule has 0 bridgehead atoms. The van der Waals surface area contributed by atoms with E-state index in [0.717, 1.165) is 24.8 Å². The first kappa shape index (κ1) is 17.5. The molecule has 0 fully saturated rings. The minimum atomic E-state index is 0.108. The molecule has 4 nitrogen and oxygen atoms in total. The summed E-state index contributed by atoms with van der Waals surface area (Å²) in [6, 6.07) is 7.07. The molecular weight excluding hydrogens is 264 g/mol. The van der Waals surface area contributed by atoms with E-state index >= 15 is 0 Å². The normalized spacial score (nSPS) is 12.4. The molecule has 0 radical (unpaired) electrons. The van der Waals surface area contributed by atoms with Crippen LogP contribution in [-0.2, 0) is 11.2 Å². The fraction of sp³-hybridized carbons (Fsp3) is 0.588. The van der Waals surface area contributed by atoms with Gasteiger partial charge in [0.2, 0.25) is 5.91 Å². The largest absolute Gasteiger partial charge is 0.508 e. The van der Waals surface area contributed by atoms with E-state index in [2.05, 4.69) is 19.2 Å². The van der Waals surface area contributed by atoms with Gasteiger partial charge in [0.1, 0.15) is 5.75 Å². The zero-order valence-electron chi connectivity index (χ0n) is 13.1. The highest BCUT2D eigenvalue weighted by Gasteiger charge is 2.14. The zero-order chi connectivity index (χ0) is 15.7. The number of hydrogen-bond acceptors (Lipinski definition) is 3. The van der Waals surface area contributed by atoms with Crippen molar-refractivity contribution in [3.63, 3.8) is 0 Å². The van der Waals surface area contributed by atoms with Gasteiger partial charge in [-0.15, -0.1) is 0 Å². The summed E-state index contributed by atoms with van der Waals surface area (Å²) in [6.07, 6.45) is 3.24. The van der Waals surface area contributed by atoms with Gasteiger partial charge in [-0.05, 0) is 55.3 Å². The molecule has 1 unspecified atom stereocenters. The summed E-state index contributed by atoms with van der Waals surface area (Å²) in [4.78, 5) is 11.8. The smallest absolute Gasteiger partial charge is 0.220 e. The van der Waals surface area contributed by atoms with Gasteiger partial charge >= 0.3 is 0 Å². The van der Waals surface area contributed by atoms with Crippen LogP contribution in [0.5, 0.6) is 5.75 Å². The Labute approximate surface area is 127 Å². The molecule has 0 heterocycles. The van der Waals surface area contributed by atoms with Gasteiger partial charge in [0, 0.05) is 13.0 Å². The van der Waals surface area contributed by atoms with E-state index in [9.17, 15) is 9.90 Å². The third-order valence-electron chi connectivity index (χ3n) is 3.89. The molecule has 1 aromatic rings.